The summed E-state index contributed by atoms with van der Waals surface area (Å²) in [5.74, 6) is 0.154. The van der Waals surface area contributed by atoms with Crippen LogP contribution in [0.2, 0.25) is 0 Å². The molecule has 6 heteroatoms. The van der Waals surface area contributed by atoms with Crippen LogP contribution in [0.25, 0.3) is 0 Å². The molecule has 21 heavy (non-hydrogen) atoms. The molecule has 0 aromatic heterocycles. The lowest BCUT2D eigenvalue weighted by molar-refractivity contribution is -0.137. The second-order valence-electron chi connectivity index (χ2n) is 5.53. The van der Waals surface area contributed by atoms with Crippen LogP contribution < -0.4 is 10.5 Å². The van der Waals surface area contributed by atoms with Crippen LogP contribution in [0.1, 0.15) is 43.2 Å². The summed E-state index contributed by atoms with van der Waals surface area (Å²) in [4.78, 5) is 0. The van der Waals surface area contributed by atoms with Gasteiger partial charge in [0.15, 0.2) is 0 Å². The lowest BCUT2D eigenvalue weighted by Gasteiger charge is -2.33. The second kappa shape index (κ2) is 5.94. The molecule has 2 rings (SSSR count). The Morgan fingerprint density at radius 1 is 1.24 bits per heavy atom. The Hall–Kier alpha value is -1.74. The predicted octanol–water partition coefficient (Wildman–Crippen LogP) is 3.62. The van der Waals surface area contributed by atoms with Gasteiger partial charge in [0.2, 0.25) is 0 Å². The molecule has 0 radical (unpaired) electrons. The molecule has 1 aliphatic rings. The number of halogens is 3. The molecule has 0 amide bonds. The van der Waals surface area contributed by atoms with Crippen molar-refractivity contribution in [2.24, 2.45) is 5.73 Å². The molecular formula is C15H17F3N2O. The Labute approximate surface area is 121 Å². The molecule has 0 unspecified atom stereocenters. The molecule has 0 heterocycles. The van der Waals surface area contributed by atoms with Crippen molar-refractivity contribution in [2.45, 2.75) is 43.8 Å². The van der Waals surface area contributed by atoms with Gasteiger partial charge in [0.25, 0.3) is 0 Å². The van der Waals surface area contributed by atoms with E-state index in [1.807, 2.05) is 0 Å². The highest BCUT2D eigenvalue weighted by Crippen LogP contribution is 2.33. The van der Waals surface area contributed by atoms with Gasteiger partial charge in [0, 0.05) is 0 Å². The first kappa shape index (κ1) is 15.6. The first-order valence-electron chi connectivity index (χ1n) is 6.87. The smallest absolute Gasteiger partial charge is 0.416 e. The van der Waals surface area contributed by atoms with Crippen LogP contribution in [0, 0.1) is 11.3 Å². The van der Waals surface area contributed by atoms with Crippen molar-refractivity contribution in [2.75, 3.05) is 6.61 Å². The van der Waals surface area contributed by atoms with Crippen molar-refractivity contribution >= 4 is 0 Å². The highest BCUT2D eigenvalue weighted by molar-refractivity contribution is 5.46. The van der Waals surface area contributed by atoms with E-state index in [2.05, 4.69) is 0 Å². The van der Waals surface area contributed by atoms with Gasteiger partial charge in [0.1, 0.15) is 18.4 Å². The highest BCUT2D eigenvalue weighted by atomic mass is 19.4. The molecule has 3 nitrogen and oxygen atoms in total. The summed E-state index contributed by atoms with van der Waals surface area (Å²) in [6.45, 7) is 0.215. The summed E-state index contributed by atoms with van der Waals surface area (Å²) in [6, 6.07) is 4.65. The third-order valence-electron chi connectivity index (χ3n) is 3.79. The lowest BCUT2D eigenvalue weighted by Crippen LogP contribution is -2.47. The number of alkyl halides is 3. The number of nitriles is 1. The van der Waals surface area contributed by atoms with E-state index in [0.717, 1.165) is 44.2 Å². The van der Waals surface area contributed by atoms with Gasteiger partial charge >= 0.3 is 6.18 Å². The average molecular weight is 298 g/mol. The van der Waals surface area contributed by atoms with Crippen molar-refractivity contribution < 1.29 is 17.9 Å². The monoisotopic (exact) mass is 298 g/mol. The maximum Gasteiger partial charge on any atom is 0.416 e. The Bertz CT molecular complexity index is 543. The molecule has 1 aromatic rings. The zero-order valence-electron chi connectivity index (χ0n) is 11.5. The minimum absolute atomic E-state index is 0.121. The fraction of sp³-hybridized carbons (Fsp3) is 0.533. The molecule has 1 fully saturated rings. The standard InChI is InChI=1S/C15H17F3N2O/c16-15(17,18)12-4-5-13(11(8-12)9-19)21-10-14(20)6-2-1-3-7-14/h4-5,8H,1-3,6-7,10,20H2. The summed E-state index contributed by atoms with van der Waals surface area (Å²) >= 11 is 0. The van der Waals surface area contributed by atoms with Crippen LogP contribution in [-0.2, 0) is 6.18 Å². The van der Waals surface area contributed by atoms with E-state index in [1.54, 1.807) is 6.07 Å². The largest absolute Gasteiger partial charge is 0.490 e. The SMILES string of the molecule is N#Cc1cc(C(F)(F)F)ccc1OCC1(N)CCCCC1. The molecular weight excluding hydrogens is 281 g/mol. The summed E-state index contributed by atoms with van der Waals surface area (Å²) in [6.07, 6.45) is 0.381. The van der Waals surface area contributed by atoms with E-state index in [4.69, 9.17) is 15.7 Å². The lowest BCUT2D eigenvalue weighted by atomic mass is 9.83. The number of nitrogens with two attached hydrogens (primary N) is 1. The van der Waals surface area contributed by atoms with E-state index in [9.17, 15) is 13.2 Å². The van der Waals surface area contributed by atoms with E-state index in [1.165, 1.54) is 6.07 Å². The van der Waals surface area contributed by atoms with Gasteiger partial charge in [0.05, 0.1) is 16.7 Å². The van der Waals surface area contributed by atoms with Crippen molar-refractivity contribution in [3.63, 3.8) is 0 Å². The van der Waals surface area contributed by atoms with Gasteiger partial charge in [-0.2, -0.15) is 18.4 Å². The molecule has 1 aromatic carbocycles. The van der Waals surface area contributed by atoms with Gasteiger partial charge in [-0.3, -0.25) is 0 Å². The maximum atomic E-state index is 12.6. The summed E-state index contributed by atoms with van der Waals surface area (Å²) in [5.41, 5.74) is 4.78. The fourth-order valence-corrected chi connectivity index (χ4v) is 2.54. The van der Waals surface area contributed by atoms with Crippen molar-refractivity contribution in [1.82, 2.24) is 0 Å². The van der Waals surface area contributed by atoms with Gasteiger partial charge < -0.3 is 10.5 Å². The van der Waals surface area contributed by atoms with Crippen LogP contribution in [-0.4, -0.2) is 12.1 Å². The average Bonchev–Trinajstić information content (AvgIpc) is 2.45. The zero-order valence-corrected chi connectivity index (χ0v) is 11.5. The minimum atomic E-state index is -4.47. The molecule has 114 valence electrons. The molecule has 2 N–H and O–H groups in total. The Morgan fingerprint density at radius 2 is 1.90 bits per heavy atom. The number of hydrogen-bond acceptors (Lipinski definition) is 3. The Balaban J connectivity index is 2.12. The number of nitrogens with zero attached hydrogens (tertiary/aromatic N) is 1. The van der Waals surface area contributed by atoms with Crippen LogP contribution >= 0.6 is 0 Å². The number of benzene rings is 1. The van der Waals surface area contributed by atoms with Crippen LogP contribution in [0.3, 0.4) is 0 Å². The molecule has 0 spiro atoms. The number of ether oxygens (including phenoxy) is 1. The number of rotatable bonds is 3. The molecule has 0 saturated heterocycles. The number of hydrogen-bond donors (Lipinski definition) is 1. The topological polar surface area (TPSA) is 59.0 Å². The first-order chi connectivity index (χ1) is 9.84. The predicted molar refractivity (Wildman–Crippen MR) is 71.7 cm³/mol. The Kier molecular flexibility index (Phi) is 4.43. The zero-order chi connectivity index (χ0) is 15.5. The van der Waals surface area contributed by atoms with Crippen LogP contribution in [0.5, 0.6) is 5.75 Å². The summed E-state index contributed by atoms with van der Waals surface area (Å²) in [5, 5.41) is 8.98. The van der Waals surface area contributed by atoms with E-state index in [-0.39, 0.29) is 17.9 Å². The van der Waals surface area contributed by atoms with E-state index >= 15 is 0 Å². The minimum Gasteiger partial charge on any atom is -0.490 e. The molecule has 0 atom stereocenters. The summed E-state index contributed by atoms with van der Waals surface area (Å²) < 4.78 is 43.3. The fourth-order valence-electron chi connectivity index (χ4n) is 2.54. The van der Waals surface area contributed by atoms with Gasteiger partial charge in [-0.05, 0) is 31.0 Å². The third kappa shape index (κ3) is 3.88. The van der Waals surface area contributed by atoms with Crippen LogP contribution in [0.4, 0.5) is 13.2 Å². The quantitative estimate of drug-likeness (QED) is 0.927. The second-order valence-corrected chi connectivity index (χ2v) is 5.53. The van der Waals surface area contributed by atoms with E-state index in [0.29, 0.717) is 0 Å². The van der Waals surface area contributed by atoms with Gasteiger partial charge in [-0.1, -0.05) is 19.3 Å². The van der Waals surface area contributed by atoms with Crippen molar-refractivity contribution in [1.29, 1.82) is 5.26 Å². The maximum absolute atomic E-state index is 12.6. The molecule has 0 bridgehead atoms. The molecule has 0 aliphatic heterocycles. The van der Waals surface area contributed by atoms with Crippen molar-refractivity contribution in [3.8, 4) is 11.8 Å². The third-order valence-corrected chi connectivity index (χ3v) is 3.79. The first-order valence-corrected chi connectivity index (χ1v) is 6.87. The van der Waals surface area contributed by atoms with Gasteiger partial charge in [-0.15, -0.1) is 0 Å². The van der Waals surface area contributed by atoms with Gasteiger partial charge in [-0.25, -0.2) is 0 Å². The Morgan fingerprint density at radius 3 is 2.48 bits per heavy atom. The summed E-state index contributed by atoms with van der Waals surface area (Å²) in [7, 11) is 0. The molecule has 1 aliphatic carbocycles. The van der Waals surface area contributed by atoms with E-state index < -0.39 is 17.3 Å². The highest BCUT2D eigenvalue weighted by Gasteiger charge is 2.32. The normalized spacial score (nSPS) is 18.0. The molecule has 1 saturated carbocycles. The van der Waals surface area contributed by atoms with Crippen molar-refractivity contribution in [3.05, 3.63) is 29.3 Å². The van der Waals surface area contributed by atoms with Crippen LogP contribution in [0.15, 0.2) is 18.2 Å².